The van der Waals surface area contributed by atoms with Gasteiger partial charge in [-0.15, -0.1) is 0 Å². The summed E-state index contributed by atoms with van der Waals surface area (Å²) in [5, 5.41) is 0. The second-order valence-corrected chi connectivity index (χ2v) is 13.9. The van der Waals surface area contributed by atoms with Crippen molar-refractivity contribution in [2.45, 2.75) is 125 Å². The number of ketones is 1. The highest BCUT2D eigenvalue weighted by molar-refractivity contribution is 5.85. The Kier molecular flexibility index (Phi) is 5.66. The Morgan fingerprint density at radius 3 is 2.21 bits per heavy atom. The Bertz CT molecular complexity index is 815. The smallest absolute Gasteiger partial charge is 0.302 e. The predicted molar refractivity (Wildman–Crippen MR) is 132 cm³/mol. The summed E-state index contributed by atoms with van der Waals surface area (Å²) in [5.74, 6) is 4.06. The van der Waals surface area contributed by atoms with Gasteiger partial charge in [0, 0.05) is 24.2 Å². The molecule has 0 radical (unpaired) electrons. The van der Waals surface area contributed by atoms with Gasteiger partial charge < -0.3 is 4.74 Å². The van der Waals surface area contributed by atoms with E-state index in [0.29, 0.717) is 28.4 Å². The standard InChI is InChI=1S/C30H48O3/c1-7-25(32)30-15-8-9-22(30)20-10-11-24-28(5,21(20)12-18-30)16-13-23-27(3,4)26(33-19(2)31)14-17-29(23,24)6/h20-24,26H,7-18H2,1-6H3/t20?,21?,22?,23?,24?,26-,28-,29-,30-/m0/s1. The highest BCUT2D eigenvalue weighted by Crippen LogP contribution is 2.73. The first-order valence-corrected chi connectivity index (χ1v) is 14.2. The van der Waals surface area contributed by atoms with E-state index in [1.54, 1.807) is 6.92 Å². The Labute approximate surface area is 202 Å². The average Bonchev–Trinajstić information content (AvgIpc) is 3.20. The zero-order valence-electron chi connectivity index (χ0n) is 22.2. The Balaban J connectivity index is 1.44. The van der Waals surface area contributed by atoms with Gasteiger partial charge in [0.05, 0.1) is 0 Å². The number of Topliss-reactive ketones (excluding diaryl/α,β-unsaturated/α-hetero) is 1. The van der Waals surface area contributed by atoms with Crippen molar-refractivity contribution in [3.05, 3.63) is 0 Å². The van der Waals surface area contributed by atoms with Gasteiger partial charge in [-0.25, -0.2) is 0 Å². The molecule has 0 N–H and O–H groups in total. The van der Waals surface area contributed by atoms with Crippen LogP contribution >= 0.6 is 0 Å². The molecule has 0 aromatic heterocycles. The lowest BCUT2D eigenvalue weighted by Crippen LogP contribution is -2.63. The fraction of sp³-hybridized carbons (Fsp3) is 0.933. The molecule has 5 aliphatic rings. The fourth-order valence-corrected chi connectivity index (χ4v) is 11.4. The molecule has 3 nitrogen and oxygen atoms in total. The van der Waals surface area contributed by atoms with Gasteiger partial charge in [0.2, 0.25) is 0 Å². The van der Waals surface area contributed by atoms with Crippen LogP contribution in [-0.4, -0.2) is 17.9 Å². The first-order chi connectivity index (χ1) is 15.5. The molecule has 0 aromatic carbocycles. The van der Waals surface area contributed by atoms with Gasteiger partial charge in [-0.1, -0.05) is 41.0 Å². The zero-order valence-corrected chi connectivity index (χ0v) is 22.2. The minimum Gasteiger partial charge on any atom is -0.462 e. The molecule has 33 heavy (non-hydrogen) atoms. The highest BCUT2D eigenvalue weighted by atomic mass is 16.5. The molecule has 5 saturated carbocycles. The molecule has 5 unspecified atom stereocenters. The number of esters is 1. The quantitative estimate of drug-likeness (QED) is 0.417. The van der Waals surface area contributed by atoms with Gasteiger partial charge in [0.1, 0.15) is 11.9 Å². The summed E-state index contributed by atoms with van der Waals surface area (Å²) in [6.07, 6.45) is 14.4. The van der Waals surface area contributed by atoms with Crippen LogP contribution in [0.3, 0.4) is 0 Å². The normalized spacial score (nSPS) is 50.4. The Morgan fingerprint density at radius 1 is 0.788 bits per heavy atom. The summed E-state index contributed by atoms with van der Waals surface area (Å²) in [6.45, 7) is 13.7. The molecule has 0 spiro atoms. The maximum absolute atomic E-state index is 13.2. The number of carbonyl (C=O) groups is 2. The third kappa shape index (κ3) is 3.18. The van der Waals surface area contributed by atoms with Gasteiger partial charge in [0.15, 0.2) is 0 Å². The van der Waals surface area contributed by atoms with E-state index in [1.807, 2.05) is 0 Å². The van der Waals surface area contributed by atoms with Crippen LogP contribution in [0.4, 0.5) is 0 Å². The van der Waals surface area contributed by atoms with Crippen molar-refractivity contribution in [1.29, 1.82) is 0 Å². The van der Waals surface area contributed by atoms with Crippen molar-refractivity contribution in [2.24, 2.45) is 51.2 Å². The SMILES string of the molecule is CCC(=O)[C@]12CCCC1C1CCC3[C@@](C)(CCC4C(C)(C)[C@@H](OC(C)=O)CC[C@@]43C)C1CC2. The molecular weight excluding hydrogens is 408 g/mol. The van der Waals surface area contributed by atoms with Crippen LogP contribution in [0.5, 0.6) is 0 Å². The van der Waals surface area contributed by atoms with E-state index in [0.717, 1.165) is 37.0 Å². The minimum atomic E-state index is -0.123. The van der Waals surface area contributed by atoms with Crippen molar-refractivity contribution in [2.75, 3.05) is 0 Å². The van der Waals surface area contributed by atoms with E-state index < -0.39 is 0 Å². The maximum atomic E-state index is 13.2. The van der Waals surface area contributed by atoms with E-state index in [9.17, 15) is 9.59 Å². The molecule has 0 heterocycles. The summed E-state index contributed by atoms with van der Waals surface area (Å²) in [5.41, 5.74) is 0.811. The average molecular weight is 457 g/mol. The number of hydrogen-bond donors (Lipinski definition) is 0. The predicted octanol–water partition coefficient (Wildman–Crippen LogP) is 7.36. The van der Waals surface area contributed by atoms with E-state index >= 15 is 0 Å². The summed E-state index contributed by atoms with van der Waals surface area (Å²) < 4.78 is 5.87. The van der Waals surface area contributed by atoms with Gasteiger partial charge >= 0.3 is 5.97 Å². The lowest BCUT2D eigenvalue weighted by Gasteiger charge is -2.69. The molecular formula is C30H48O3. The zero-order chi connectivity index (χ0) is 23.8. The summed E-state index contributed by atoms with van der Waals surface area (Å²) in [7, 11) is 0. The topological polar surface area (TPSA) is 43.4 Å². The van der Waals surface area contributed by atoms with Gasteiger partial charge in [-0.2, -0.15) is 0 Å². The fourth-order valence-electron chi connectivity index (χ4n) is 11.4. The van der Waals surface area contributed by atoms with Crippen LogP contribution in [0.15, 0.2) is 0 Å². The van der Waals surface area contributed by atoms with Crippen LogP contribution in [-0.2, 0) is 14.3 Å². The largest absolute Gasteiger partial charge is 0.462 e. The molecule has 0 aromatic rings. The molecule has 0 aliphatic heterocycles. The Hall–Kier alpha value is -0.860. The van der Waals surface area contributed by atoms with E-state index in [2.05, 4.69) is 34.6 Å². The molecule has 5 rings (SSSR count). The van der Waals surface area contributed by atoms with E-state index in [-0.39, 0.29) is 22.9 Å². The van der Waals surface area contributed by atoms with Gasteiger partial charge in [-0.05, 0) is 105 Å². The second-order valence-electron chi connectivity index (χ2n) is 13.9. The molecule has 0 saturated heterocycles. The third-order valence-electron chi connectivity index (χ3n) is 12.6. The summed E-state index contributed by atoms with van der Waals surface area (Å²) in [4.78, 5) is 25.0. The number of rotatable bonds is 3. The van der Waals surface area contributed by atoms with Gasteiger partial charge in [0.25, 0.3) is 0 Å². The van der Waals surface area contributed by atoms with Crippen LogP contribution < -0.4 is 0 Å². The molecule has 0 bridgehead atoms. The van der Waals surface area contributed by atoms with Gasteiger partial charge in [-0.3, -0.25) is 9.59 Å². The lowest BCUT2D eigenvalue weighted by atomic mass is 9.36. The van der Waals surface area contributed by atoms with Crippen molar-refractivity contribution in [3.8, 4) is 0 Å². The minimum absolute atomic E-state index is 0.0320. The first-order valence-electron chi connectivity index (χ1n) is 14.2. The highest BCUT2D eigenvalue weighted by Gasteiger charge is 2.67. The first kappa shape index (κ1) is 23.9. The van der Waals surface area contributed by atoms with Crippen molar-refractivity contribution in [1.82, 2.24) is 0 Å². The van der Waals surface area contributed by atoms with Crippen LogP contribution in [0, 0.1) is 51.2 Å². The second kappa shape index (κ2) is 7.82. The number of carbonyl (C=O) groups excluding carboxylic acids is 2. The number of ether oxygens (including phenoxy) is 1. The van der Waals surface area contributed by atoms with Crippen LogP contribution in [0.25, 0.3) is 0 Å². The summed E-state index contributed by atoms with van der Waals surface area (Å²) in [6, 6.07) is 0. The van der Waals surface area contributed by atoms with Crippen molar-refractivity contribution in [3.63, 3.8) is 0 Å². The molecule has 5 fully saturated rings. The Morgan fingerprint density at radius 2 is 1.52 bits per heavy atom. The molecule has 186 valence electrons. The van der Waals surface area contributed by atoms with E-state index in [4.69, 9.17) is 4.74 Å². The monoisotopic (exact) mass is 456 g/mol. The number of fused-ring (bicyclic) bond motifs is 7. The van der Waals surface area contributed by atoms with Crippen LogP contribution in [0.2, 0.25) is 0 Å². The number of hydrogen-bond acceptors (Lipinski definition) is 3. The van der Waals surface area contributed by atoms with Crippen molar-refractivity contribution >= 4 is 11.8 Å². The molecule has 9 atom stereocenters. The third-order valence-corrected chi connectivity index (χ3v) is 12.6. The van der Waals surface area contributed by atoms with Crippen molar-refractivity contribution < 1.29 is 14.3 Å². The lowest BCUT2D eigenvalue weighted by molar-refractivity contribution is -0.220. The van der Waals surface area contributed by atoms with E-state index in [1.165, 1.54) is 57.8 Å². The molecule has 5 aliphatic carbocycles. The summed E-state index contributed by atoms with van der Waals surface area (Å²) >= 11 is 0. The van der Waals surface area contributed by atoms with Crippen LogP contribution in [0.1, 0.15) is 119 Å². The molecule has 0 amide bonds. The molecule has 3 heteroatoms. The maximum Gasteiger partial charge on any atom is 0.302 e.